The molecule has 1 heteroatoms. The second-order valence-electron chi connectivity index (χ2n) is 2.41. The Labute approximate surface area is 60.4 Å². The van der Waals surface area contributed by atoms with Crippen molar-refractivity contribution in [2.75, 3.05) is 0 Å². The van der Waals surface area contributed by atoms with E-state index in [1.54, 1.807) is 0 Å². The van der Waals surface area contributed by atoms with E-state index in [9.17, 15) is 0 Å². The molecule has 0 aliphatic carbocycles. The van der Waals surface area contributed by atoms with E-state index in [4.69, 9.17) is 0 Å². The Morgan fingerprint density at radius 1 is 1.22 bits per heavy atom. The smallest absolute Gasteiger partial charge is 0.0206 e. The summed E-state index contributed by atoms with van der Waals surface area (Å²) in [6, 6.07) is 0. The normalized spacial score (nSPS) is 10.7. The van der Waals surface area contributed by atoms with Crippen molar-refractivity contribution in [1.82, 2.24) is 0 Å². The average Bonchev–Trinajstić information content (AvgIpc) is 1.89. The Kier molecular flexibility index (Phi) is 3.24. The van der Waals surface area contributed by atoms with Crippen molar-refractivity contribution in [1.29, 1.82) is 0 Å². The van der Waals surface area contributed by atoms with E-state index in [-0.39, 0.29) is 5.04 Å². The molecule has 0 aromatic heterocycles. The molecule has 0 aliphatic heterocycles. The highest BCUT2D eigenvalue weighted by molar-refractivity contribution is 6.18. The SMILES string of the molecule is C=CCC([SiH3])(C=C)C=C. The van der Waals surface area contributed by atoms with E-state index in [0.29, 0.717) is 0 Å². The second kappa shape index (κ2) is 3.46. The van der Waals surface area contributed by atoms with Gasteiger partial charge in [0.25, 0.3) is 0 Å². The van der Waals surface area contributed by atoms with Crippen molar-refractivity contribution in [3.8, 4) is 0 Å². The number of hydrogen-bond donors (Lipinski definition) is 0. The van der Waals surface area contributed by atoms with E-state index in [1.807, 2.05) is 18.2 Å². The number of allylic oxidation sites excluding steroid dienone is 3. The minimum atomic E-state index is 0.182. The van der Waals surface area contributed by atoms with E-state index >= 15 is 0 Å². The first kappa shape index (κ1) is 8.44. The van der Waals surface area contributed by atoms with Gasteiger partial charge in [-0.15, -0.1) is 19.7 Å². The van der Waals surface area contributed by atoms with Gasteiger partial charge in [-0.05, 0) is 11.5 Å². The van der Waals surface area contributed by atoms with Gasteiger partial charge >= 0.3 is 0 Å². The van der Waals surface area contributed by atoms with Crippen LogP contribution in [0.3, 0.4) is 0 Å². The molecule has 0 unspecified atom stereocenters. The molecule has 0 saturated heterocycles. The van der Waals surface area contributed by atoms with Crippen LogP contribution in [0, 0.1) is 0 Å². The molecule has 0 radical (unpaired) electrons. The van der Waals surface area contributed by atoms with Gasteiger partial charge < -0.3 is 0 Å². The third-order valence-corrected chi connectivity index (χ3v) is 2.74. The van der Waals surface area contributed by atoms with Crippen LogP contribution in [0.4, 0.5) is 0 Å². The summed E-state index contributed by atoms with van der Waals surface area (Å²) in [5.74, 6) is 0. The maximum absolute atomic E-state index is 3.74. The summed E-state index contributed by atoms with van der Waals surface area (Å²) in [6.07, 6.45) is 6.80. The van der Waals surface area contributed by atoms with Gasteiger partial charge in [0, 0.05) is 10.2 Å². The molecule has 50 valence electrons. The highest BCUT2D eigenvalue weighted by atomic mass is 28.1. The zero-order chi connectivity index (χ0) is 7.33. The standard InChI is InChI=1S/C8H14Si/c1-4-7-8(9,5-2)6-3/h4-6H,1-3,7H2,9H3. The average molecular weight is 138 g/mol. The fourth-order valence-electron chi connectivity index (χ4n) is 0.561. The van der Waals surface area contributed by atoms with Crippen molar-refractivity contribution in [3.63, 3.8) is 0 Å². The van der Waals surface area contributed by atoms with E-state index in [0.717, 1.165) is 16.7 Å². The van der Waals surface area contributed by atoms with Gasteiger partial charge in [-0.3, -0.25) is 0 Å². The van der Waals surface area contributed by atoms with Crippen LogP contribution in [-0.2, 0) is 0 Å². The second-order valence-corrected chi connectivity index (χ2v) is 4.27. The van der Waals surface area contributed by atoms with Crippen molar-refractivity contribution >= 4 is 10.2 Å². The van der Waals surface area contributed by atoms with Gasteiger partial charge in [0.15, 0.2) is 0 Å². The molecule has 0 saturated carbocycles. The molecule has 0 aromatic rings. The molecule has 0 aromatic carbocycles. The third-order valence-electron chi connectivity index (χ3n) is 1.52. The van der Waals surface area contributed by atoms with Crippen LogP contribution in [0.25, 0.3) is 0 Å². The molecule has 0 aliphatic rings. The summed E-state index contributed by atoms with van der Waals surface area (Å²) < 4.78 is 0. The first-order chi connectivity index (χ1) is 4.18. The molecule has 0 spiro atoms. The monoisotopic (exact) mass is 138 g/mol. The first-order valence-corrected chi connectivity index (χ1v) is 4.06. The molecule has 9 heavy (non-hydrogen) atoms. The summed E-state index contributed by atoms with van der Waals surface area (Å²) in [7, 11) is 1.07. The molecule has 0 atom stereocenters. The molecule has 0 rings (SSSR count). The maximum atomic E-state index is 3.74. The van der Waals surface area contributed by atoms with Crippen LogP contribution in [0.5, 0.6) is 0 Å². The van der Waals surface area contributed by atoms with E-state index in [2.05, 4.69) is 19.7 Å². The predicted octanol–water partition coefficient (Wildman–Crippen LogP) is 1.46. The van der Waals surface area contributed by atoms with Crippen LogP contribution in [-0.4, -0.2) is 10.2 Å². The Morgan fingerprint density at radius 2 is 1.67 bits per heavy atom. The fourth-order valence-corrected chi connectivity index (χ4v) is 0.850. The number of rotatable bonds is 4. The lowest BCUT2D eigenvalue weighted by molar-refractivity contribution is 0.865. The van der Waals surface area contributed by atoms with Crippen LogP contribution in [0.1, 0.15) is 6.42 Å². The zero-order valence-electron chi connectivity index (χ0n) is 6.06. The summed E-state index contributed by atoms with van der Waals surface area (Å²) >= 11 is 0. The zero-order valence-corrected chi connectivity index (χ0v) is 8.06. The summed E-state index contributed by atoms with van der Waals surface area (Å²) in [6.45, 7) is 11.1. The summed E-state index contributed by atoms with van der Waals surface area (Å²) in [5.41, 5.74) is 0. The molecular weight excluding hydrogens is 124 g/mol. The van der Waals surface area contributed by atoms with Crippen molar-refractivity contribution in [2.45, 2.75) is 11.5 Å². The lowest BCUT2D eigenvalue weighted by atomic mass is 10.1. The van der Waals surface area contributed by atoms with Crippen LogP contribution < -0.4 is 0 Å². The van der Waals surface area contributed by atoms with Crippen molar-refractivity contribution < 1.29 is 0 Å². The highest BCUT2D eigenvalue weighted by Crippen LogP contribution is 2.28. The van der Waals surface area contributed by atoms with Crippen molar-refractivity contribution in [2.24, 2.45) is 0 Å². The number of hydrogen-bond acceptors (Lipinski definition) is 0. The van der Waals surface area contributed by atoms with Crippen LogP contribution in [0.2, 0.25) is 5.04 Å². The molecule has 0 nitrogen and oxygen atoms in total. The Hall–Kier alpha value is -0.563. The minimum absolute atomic E-state index is 0.182. The minimum Gasteiger partial charge on any atom is -0.103 e. The lowest BCUT2D eigenvalue weighted by Crippen LogP contribution is -2.02. The van der Waals surface area contributed by atoms with Crippen LogP contribution in [0.15, 0.2) is 38.0 Å². The molecular formula is C8H14Si. The fraction of sp³-hybridized carbons (Fsp3) is 0.250. The Balaban J connectivity index is 4.06. The predicted molar refractivity (Wildman–Crippen MR) is 47.8 cm³/mol. The Morgan fingerprint density at radius 3 is 1.78 bits per heavy atom. The highest BCUT2D eigenvalue weighted by Gasteiger charge is 2.11. The summed E-state index contributed by atoms with van der Waals surface area (Å²) in [4.78, 5) is 0. The largest absolute Gasteiger partial charge is 0.103 e. The topological polar surface area (TPSA) is 0 Å². The molecule has 0 amide bonds. The third kappa shape index (κ3) is 2.47. The van der Waals surface area contributed by atoms with Gasteiger partial charge in [-0.25, -0.2) is 0 Å². The quantitative estimate of drug-likeness (QED) is 0.407. The van der Waals surface area contributed by atoms with Crippen molar-refractivity contribution in [3.05, 3.63) is 38.0 Å². The van der Waals surface area contributed by atoms with Gasteiger partial charge in [-0.2, -0.15) is 0 Å². The van der Waals surface area contributed by atoms with Gasteiger partial charge in [0.05, 0.1) is 0 Å². The molecule has 0 heterocycles. The van der Waals surface area contributed by atoms with Gasteiger partial charge in [0.1, 0.15) is 0 Å². The van der Waals surface area contributed by atoms with E-state index in [1.165, 1.54) is 0 Å². The van der Waals surface area contributed by atoms with Gasteiger partial charge in [-0.1, -0.05) is 18.2 Å². The maximum Gasteiger partial charge on any atom is 0.0206 e. The Bertz CT molecular complexity index is 117. The lowest BCUT2D eigenvalue weighted by Gasteiger charge is -2.17. The van der Waals surface area contributed by atoms with Gasteiger partial charge in [0.2, 0.25) is 0 Å². The molecule has 0 N–H and O–H groups in total. The summed E-state index contributed by atoms with van der Waals surface area (Å²) in [5, 5.41) is 0.182. The first-order valence-electron chi connectivity index (χ1n) is 3.06. The molecule has 0 fully saturated rings. The van der Waals surface area contributed by atoms with Crippen LogP contribution >= 0.6 is 0 Å². The molecule has 0 bridgehead atoms. The van der Waals surface area contributed by atoms with E-state index < -0.39 is 0 Å².